The largest absolute Gasteiger partial charge is 0.379 e. The molecule has 1 aliphatic rings. The van der Waals surface area contributed by atoms with E-state index in [1.54, 1.807) is 4.68 Å². The summed E-state index contributed by atoms with van der Waals surface area (Å²) in [5, 5.41) is 9.87. The quantitative estimate of drug-likeness (QED) is 0.859. The highest BCUT2D eigenvalue weighted by atomic mass is 16.5. The summed E-state index contributed by atoms with van der Waals surface area (Å²) in [6.07, 6.45) is 0.788. The second kappa shape index (κ2) is 7.48. The number of carbonyl (C=O) groups excluding carboxylic acids is 2. The third kappa shape index (κ3) is 3.71. The average molecular weight is 342 g/mol. The molecule has 3 rings (SSSR count). The van der Waals surface area contributed by atoms with Crippen LogP contribution in [-0.2, 0) is 4.74 Å². The van der Waals surface area contributed by atoms with Gasteiger partial charge in [-0.25, -0.2) is 0 Å². The van der Waals surface area contributed by atoms with Gasteiger partial charge in [-0.15, -0.1) is 0 Å². The lowest BCUT2D eigenvalue weighted by Crippen LogP contribution is -2.36. The molecule has 1 aromatic heterocycles. The topological polar surface area (TPSA) is 85.3 Å². The van der Waals surface area contributed by atoms with E-state index in [1.165, 1.54) is 13.1 Å². The first-order valence-corrected chi connectivity index (χ1v) is 8.35. The molecule has 0 bridgehead atoms. The normalized spacial score (nSPS) is 17.9. The minimum Gasteiger partial charge on any atom is -0.379 e. The lowest BCUT2D eigenvalue weighted by Gasteiger charge is -2.17. The number of carbonyl (C=O) groups is 2. The number of nitrogens with zero attached hydrogens (tertiary/aromatic N) is 2. The van der Waals surface area contributed by atoms with Crippen molar-refractivity contribution in [2.45, 2.75) is 25.4 Å². The molecule has 2 aromatic rings. The van der Waals surface area contributed by atoms with Crippen molar-refractivity contribution in [3.63, 3.8) is 0 Å². The van der Waals surface area contributed by atoms with Crippen LogP contribution in [0.1, 0.15) is 45.9 Å². The molecule has 7 heteroatoms. The Labute approximate surface area is 146 Å². The summed E-state index contributed by atoms with van der Waals surface area (Å²) in [6.45, 7) is 3.11. The first-order chi connectivity index (χ1) is 12.1. The number of hydrogen-bond acceptors (Lipinski definition) is 4. The van der Waals surface area contributed by atoms with Gasteiger partial charge in [0, 0.05) is 19.7 Å². The van der Waals surface area contributed by atoms with Crippen molar-refractivity contribution in [3.8, 4) is 0 Å². The molecule has 1 fully saturated rings. The Bertz CT molecular complexity index is 751. The molecule has 2 N–H and O–H groups in total. The number of rotatable bonds is 5. The summed E-state index contributed by atoms with van der Waals surface area (Å²) < 4.78 is 6.90. The first-order valence-electron chi connectivity index (χ1n) is 8.35. The molecule has 7 nitrogen and oxygen atoms in total. The van der Waals surface area contributed by atoms with Gasteiger partial charge in [0.1, 0.15) is 5.69 Å². The highest BCUT2D eigenvalue weighted by molar-refractivity contribution is 5.98. The van der Waals surface area contributed by atoms with Crippen molar-refractivity contribution in [2.75, 3.05) is 20.3 Å². The number of ether oxygens (including phenoxy) is 1. The van der Waals surface area contributed by atoms with Crippen LogP contribution in [0.3, 0.4) is 0 Å². The van der Waals surface area contributed by atoms with E-state index in [-0.39, 0.29) is 29.6 Å². The van der Waals surface area contributed by atoms with Crippen LogP contribution in [-0.4, -0.2) is 47.9 Å². The van der Waals surface area contributed by atoms with Crippen LogP contribution >= 0.6 is 0 Å². The average Bonchev–Trinajstić information content (AvgIpc) is 3.30. The van der Waals surface area contributed by atoms with Crippen molar-refractivity contribution in [1.82, 2.24) is 20.4 Å². The molecular formula is C18H22N4O3. The molecule has 2 amide bonds. The monoisotopic (exact) mass is 342 g/mol. The number of benzene rings is 1. The highest BCUT2D eigenvalue weighted by Crippen LogP contribution is 2.20. The van der Waals surface area contributed by atoms with Gasteiger partial charge in [0.25, 0.3) is 11.8 Å². The first kappa shape index (κ1) is 17.2. The Morgan fingerprint density at radius 2 is 2.04 bits per heavy atom. The number of amides is 2. The van der Waals surface area contributed by atoms with Gasteiger partial charge in [0.2, 0.25) is 0 Å². The van der Waals surface area contributed by atoms with Crippen molar-refractivity contribution < 1.29 is 14.3 Å². The van der Waals surface area contributed by atoms with Gasteiger partial charge in [-0.2, -0.15) is 5.10 Å². The zero-order chi connectivity index (χ0) is 17.8. The van der Waals surface area contributed by atoms with Crippen molar-refractivity contribution in [3.05, 3.63) is 53.3 Å². The van der Waals surface area contributed by atoms with E-state index in [0.29, 0.717) is 18.9 Å². The number of hydrogen-bond donors (Lipinski definition) is 2. The van der Waals surface area contributed by atoms with Crippen LogP contribution in [0, 0.1) is 0 Å². The molecule has 2 unspecified atom stereocenters. The van der Waals surface area contributed by atoms with E-state index in [1.807, 2.05) is 37.3 Å². The summed E-state index contributed by atoms with van der Waals surface area (Å²) in [5.74, 6) is -0.571. The maximum absolute atomic E-state index is 12.7. The summed E-state index contributed by atoms with van der Waals surface area (Å²) in [5.41, 5.74) is 1.59. The maximum Gasteiger partial charge on any atom is 0.271 e. The van der Waals surface area contributed by atoms with Gasteiger partial charge >= 0.3 is 0 Å². The Hall–Kier alpha value is -2.67. The summed E-state index contributed by atoms with van der Waals surface area (Å²) in [6, 6.07) is 11.1. The van der Waals surface area contributed by atoms with Crippen molar-refractivity contribution in [1.29, 1.82) is 0 Å². The van der Waals surface area contributed by atoms with E-state index < -0.39 is 0 Å². The lowest BCUT2D eigenvalue weighted by atomic mass is 10.1. The predicted octanol–water partition coefficient (Wildman–Crippen LogP) is 1.37. The fraction of sp³-hybridized carbons (Fsp3) is 0.389. The summed E-state index contributed by atoms with van der Waals surface area (Å²) >= 11 is 0. The molecule has 1 saturated heterocycles. The zero-order valence-corrected chi connectivity index (χ0v) is 14.4. The molecule has 132 valence electrons. The van der Waals surface area contributed by atoms with E-state index in [9.17, 15) is 9.59 Å². The van der Waals surface area contributed by atoms with Crippen LogP contribution in [0.2, 0.25) is 0 Å². The third-order valence-electron chi connectivity index (χ3n) is 4.34. The molecule has 25 heavy (non-hydrogen) atoms. The Balaban J connectivity index is 1.93. The maximum atomic E-state index is 12.7. The van der Waals surface area contributed by atoms with Gasteiger partial charge in [-0.3, -0.25) is 14.3 Å². The van der Waals surface area contributed by atoms with Gasteiger partial charge in [-0.1, -0.05) is 30.3 Å². The van der Waals surface area contributed by atoms with E-state index in [4.69, 9.17) is 4.74 Å². The fourth-order valence-electron chi connectivity index (χ4n) is 2.88. The van der Waals surface area contributed by atoms with E-state index in [2.05, 4.69) is 15.7 Å². The Morgan fingerprint density at radius 3 is 2.68 bits per heavy atom. The zero-order valence-electron chi connectivity index (χ0n) is 14.4. The predicted molar refractivity (Wildman–Crippen MR) is 92.6 cm³/mol. The van der Waals surface area contributed by atoms with Crippen molar-refractivity contribution in [2.24, 2.45) is 0 Å². The molecule has 1 aromatic carbocycles. The summed E-state index contributed by atoms with van der Waals surface area (Å²) in [4.78, 5) is 24.7. The highest BCUT2D eigenvalue weighted by Gasteiger charge is 2.25. The van der Waals surface area contributed by atoms with Crippen LogP contribution in [0.5, 0.6) is 0 Å². The van der Waals surface area contributed by atoms with Gasteiger partial charge in [-0.05, 0) is 18.9 Å². The molecule has 0 saturated carbocycles. The third-order valence-corrected chi connectivity index (χ3v) is 4.34. The van der Waals surface area contributed by atoms with E-state index >= 15 is 0 Å². The molecule has 2 atom stereocenters. The molecule has 2 heterocycles. The van der Waals surface area contributed by atoms with Crippen LogP contribution < -0.4 is 10.6 Å². The van der Waals surface area contributed by atoms with Crippen molar-refractivity contribution >= 4 is 11.8 Å². The molecular weight excluding hydrogens is 320 g/mol. The van der Waals surface area contributed by atoms with Crippen LogP contribution in [0.4, 0.5) is 0 Å². The van der Waals surface area contributed by atoms with Crippen LogP contribution in [0.15, 0.2) is 36.4 Å². The number of aromatic nitrogens is 2. The number of nitrogens with one attached hydrogen (secondary N) is 2. The van der Waals surface area contributed by atoms with Gasteiger partial charge in [0.05, 0.1) is 18.7 Å². The smallest absolute Gasteiger partial charge is 0.271 e. The standard InChI is InChI=1S/C18H22N4O3/c1-12(13-6-4-3-5-7-13)22-16(10-15(21-22)17(23)19-2)18(24)20-14-8-9-25-11-14/h3-7,10,12,14H,8-9,11H2,1-2H3,(H,19,23)(H,20,24). The van der Waals surface area contributed by atoms with Crippen LogP contribution in [0.25, 0.3) is 0 Å². The molecule has 0 aliphatic carbocycles. The lowest BCUT2D eigenvalue weighted by molar-refractivity contribution is 0.0916. The second-order valence-electron chi connectivity index (χ2n) is 6.06. The minimum atomic E-state index is -0.322. The Kier molecular flexibility index (Phi) is 5.14. The second-order valence-corrected chi connectivity index (χ2v) is 6.06. The Morgan fingerprint density at radius 1 is 1.28 bits per heavy atom. The fourth-order valence-corrected chi connectivity index (χ4v) is 2.88. The van der Waals surface area contributed by atoms with E-state index in [0.717, 1.165) is 12.0 Å². The van der Waals surface area contributed by atoms with Gasteiger partial charge in [0.15, 0.2) is 5.69 Å². The SMILES string of the molecule is CNC(=O)c1cc(C(=O)NC2CCOC2)n(C(C)c2ccccc2)n1. The minimum absolute atomic E-state index is 0.00802. The summed E-state index contributed by atoms with van der Waals surface area (Å²) in [7, 11) is 1.54. The van der Waals surface area contributed by atoms with Gasteiger partial charge < -0.3 is 15.4 Å². The molecule has 0 radical (unpaired) electrons. The molecule has 1 aliphatic heterocycles. The molecule has 0 spiro atoms.